The number of furan rings is 1. The molecule has 0 aliphatic heterocycles. The zero-order chi connectivity index (χ0) is 13.7. The second-order valence-corrected chi connectivity index (χ2v) is 3.76. The van der Waals surface area contributed by atoms with E-state index in [1.54, 1.807) is 17.1 Å². The van der Waals surface area contributed by atoms with Gasteiger partial charge < -0.3 is 14.8 Å². The summed E-state index contributed by atoms with van der Waals surface area (Å²) in [5, 5.41) is 18.9. The fourth-order valence-electron chi connectivity index (χ4n) is 1.54. The Hall–Kier alpha value is -2.64. The third-order valence-electron chi connectivity index (χ3n) is 2.43. The molecular weight excluding hydrogens is 252 g/mol. The van der Waals surface area contributed by atoms with E-state index in [-0.39, 0.29) is 23.7 Å². The first-order chi connectivity index (χ1) is 9.16. The van der Waals surface area contributed by atoms with Gasteiger partial charge in [-0.15, -0.1) is 5.10 Å². The number of rotatable bonds is 6. The van der Waals surface area contributed by atoms with Crippen molar-refractivity contribution < 1.29 is 19.1 Å². The predicted octanol–water partition coefficient (Wildman–Crippen LogP) is -0.0718. The van der Waals surface area contributed by atoms with Crippen LogP contribution in [0.25, 0.3) is 0 Å². The minimum Gasteiger partial charge on any atom is -0.478 e. The molecule has 100 valence electrons. The van der Waals surface area contributed by atoms with Crippen LogP contribution in [0.5, 0.6) is 0 Å². The van der Waals surface area contributed by atoms with Gasteiger partial charge in [-0.05, 0) is 6.07 Å². The van der Waals surface area contributed by atoms with Gasteiger partial charge in [-0.3, -0.25) is 9.48 Å². The van der Waals surface area contributed by atoms with Crippen molar-refractivity contribution >= 4 is 11.9 Å². The molecule has 8 heteroatoms. The van der Waals surface area contributed by atoms with Crippen molar-refractivity contribution in [2.75, 3.05) is 6.54 Å². The summed E-state index contributed by atoms with van der Waals surface area (Å²) in [5.41, 5.74) is 0.00595. The van der Waals surface area contributed by atoms with E-state index in [2.05, 4.69) is 15.6 Å². The number of carbonyl (C=O) groups excluding carboxylic acids is 1. The van der Waals surface area contributed by atoms with Crippen LogP contribution in [0.4, 0.5) is 0 Å². The van der Waals surface area contributed by atoms with Gasteiger partial charge in [-0.25, -0.2) is 4.79 Å². The maximum absolute atomic E-state index is 11.6. The van der Waals surface area contributed by atoms with Gasteiger partial charge in [0.2, 0.25) is 5.91 Å². The van der Waals surface area contributed by atoms with E-state index in [1.807, 2.05) is 0 Å². The molecular formula is C11H12N4O4. The van der Waals surface area contributed by atoms with Crippen LogP contribution in [0, 0.1) is 0 Å². The molecule has 19 heavy (non-hydrogen) atoms. The molecule has 2 aromatic rings. The van der Waals surface area contributed by atoms with E-state index in [9.17, 15) is 9.59 Å². The lowest BCUT2D eigenvalue weighted by molar-refractivity contribution is -0.120. The smallest absolute Gasteiger partial charge is 0.339 e. The first-order valence-electron chi connectivity index (χ1n) is 5.57. The van der Waals surface area contributed by atoms with Crippen molar-refractivity contribution in [3.63, 3.8) is 0 Å². The first-order valence-corrected chi connectivity index (χ1v) is 5.57. The normalized spacial score (nSPS) is 10.3. The maximum Gasteiger partial charge on any atom is 0.339 e. The van der Waals surface area contributed by atoms with E-state index in [0.29, 0.717) is 13.1 Å². The van der Waals surface area contributed by atoms with Gasteiger partial charge in [0.15, 0.2) is 0 Å². The molecule has 2 N–H and O–H groups in total. The topological polar surface area (TPSA) is 110 Å². The third kappa shape index (κ3) is 3.41. The summed E-state index contributed by atoms with van der Waals surface area (Å²) in [7, 11) is 0. The fraction of sp³-hybridized carbons (Fsp3) is 0.273. The third-order valence-corrected chi connectivity index (χ3v) is 2.43. The number of aromatic nitrogens is 3. The molecule has 0 bridgehead atoms. The van der Waals surface area contributed by atoms with Gasteiger partial charge in [-0.1, -0.05) is 5.21 Å². The molecule has 0 saturated heterocycles. The molecule has 0 spiro atoms. The van der Waals surface area contributed by atoms with E-state index >= 15 is 0 Å². The Labute approximate surface area is 108 Å². The lowest BCUT2D eigenvalue weighted by atomic mass is 10.2. The zero-order valence-electron chi connectivity index (χ0n) is 9.94. The van der Waals surface area contributed by atoms with Crippen LogP contribution < -0.4 is 5.32 Å². The molecule has 0 aromatic carbocycles. The summed E-state index contributed by atoms with van der Waals surface area (Å²) in [6, 6.07) is 1.32. The molecule has 0 radical (unpaired) electrons. The predicted molar refractivity (Wildman–Crippen MR) is 62.4 cm³/mol. The Morgan fingerprint density at radius 2 is 2.32 bits per heavy atom. The number of hydrogen-bond donors (Lipinski definition) is 2. The van der Waals surface area contributed by atoms with E-state index in [1.165, 1.54) is 12.3 Å². The highest BCUT2D eigenvalue weighted by Gasteiger charge is 2.16. The quantitative estimate of drug-likeness (QED) is 0.755. The minimum absolute atomic E-state index is 0.00595. The summed E-state index contributed by atoms with van der Waals surface area (Å²) in [6.07, 6.45) is 4.37. The Balaban J connectivity index is 1.81. The van der Waals surface area contributed by atoms with Crippen molar-refractivity contribution in [3.8, 4) is 0 Å². The van der Waals surface area contributed by atoms with E-state index in [4.69, 9.17) is 9.52 Å². The van der Waals surface area contributed by atoms with Crippen LogP contribution >= 0.6 is 0 Å². The largest absolute Gasteiger partial charge is 0.478 e. The van der Waals surface area contributed by atoms with Gasteiger partial charge in [-0.2, -0.15) is 0 Å². The molecule has 0 saturated carbocycles. The molecule has 0 fully saturated rings. The number of nitrogens with zero attached hydrogens (tertiary/aromatic N) is 3. The fourth-order valence-corrected chi connectivity index (χ4v) is 1.54. The highest BCUT2D eigenvalue weighted by atomic mass is 16.4. The number of amides is 1. The molecule has 0 aliphatic carbocycles. The van der Waals surface area contributed by atoms with Gasteiger partial charge in [0.05, 0.1) is 25.4 Å². The van der Waals surface area contributed by atoms with E-state index in [0.717, 1.165) is 0 Å². The Morgan fingerprint density at radius 3 is 3.00 bits per heavy atom. The van der Waals surface area contributed by atoms with Crippen LogP contribution in [0.3, 0.4) is 0 Å². The molecule has 2 rings (SSSR count). The zero-order valence-corrected chi connectivity index (χ0v) is 9.94. The SMILES string of the molecule is O=C(Cc1occc1C(=O)O)NCCn1ccnn1. The summed E-state index contributed by atoms with van der Waals surface area (Å²) < 4.78 is 6.56. The second kappa shape index (κ2) is 5.80. The molecule has 0 atom stereocenters. The molecule has 0 aliphatic rings. The lowest BCUT2D eigenvalue weighted by Crippen LogP contribution is -2.29. The second-order valence-electron chi connectivity index (χ2n) is 3.76. The lowest BCUT2D eigenvalue weighted by Gasteiger charge is -2.04. The van der Waals surface area contributed by atoms with Gasteiger partial charge >= 0.3 is 5.97 Å². The Morgan fingerprint density at radius 1 is 1.47 bits per heavy atom. The molecule has 2 aromatic heterocycles. The number of carboxylic acids is 1. The average Bonchev–Trinajstić information content (AvgIpc) is 2.99. The highest BCUT2D eigenvalue weighted by Crippen LogP contribution is 2.10. The monoisotopic (exact) mass is 264 g/mol. The summed E-state index contributed by atoms with van der Waals surface area (Å²) in [5.74, 6) is -1.28. The summed E-state index contributed by atoms with van der Waals surface area (Å²) in [4.78, 5) is 22.4. The van der Waals surface area contributed by atoms with Gasteiger partial charge in [0.25, 0.3) is 0 Å². The number of nitrogens with one attached hydrogen (secondary N) is 1. The molecule has 2 heterocycles. The van der Waals surface area contributed by atoms with Crippen molar-refractivity contribution in [1.29, 1.82) is 0 Å². The van der Waals surface area contributed by atoms with Crippen LogP contribution in [-0.2, 0) is 17.8 Å². The van der Waals surface area contributed by atoms with E-state index < -0.39 is 5.97 Å². The summed E-state index contributed by atoms with van der Waals surface area (Å²) >= 11 is 0. The number of hydrogen-bond acceptors (Lipinski definition) is 5. The van der Waals surface area contributed by atoms with Crippen LogP contribution in [0.1, 0.15) is 16.1 Å². The van der Waals surface area contributed by atoms with Crippen LogP contribution in [-0.4, -0.2) is 38.5 Å². The van der Waals surface area contributed by atoms with Crippen LogP contribution in [0.2, 0.25) is 0 Å². The van der Waals surface area contributed by atoms with Crippen LogP contribution in [0.15, 0.2) is 29.1 Å². The number of carbonyl (C=O) groups is 2. The molecule has 1 amide bonds. The Kier molecular flexibility index (Phi) is 3.91. The Bertz CT molecular complexity index is 561. The van der Waals surface area contributed by atoms with Crippen molar-refractivity contribution in [1.82, 2.24) is 20.3 Å². The van der Waals surface area contributed by atoms with Gasteiger partial charge in [0, 0.05) is 12.7 Å². The molecule has 0 unspecified atom stereocenters. The summed E-state index contributed by atoms with van der Waals surface area (Å²) in [6.45, 7) is 0.876. The van der Waals surface area contributed by atoms with Crippen molar-refractivity contribution in [2.45, 2.75) is 13.0 Å². The first kappa shape index (κ1) is 12.8. The average molecular weight is 264 g/mol. The minimum atomic E-state index is -1.11. The highest BCUT2D eigenvalue weighted by molar-refractivity contribution is 5.90. The van der Waals surface area contributed by atoms with Crippen molar-refractivity contribution in [3.05, 3.63) is 36.0 Å². The maximum atomic E-state index is 11.6. The van der Waals surface area contributed by atoms with Gasteiger partial charge in [0.1, 0.15) is 11.3 Å². The molecule has 8 nitrogen and oxygen atoms in total. The number of carboxylic acid groups (broad SMARTS) is 1. The standard InChI is InChI=1S/C11H12N4O4/c16-10(12-2-4-15-5-3-13-14-15)7-9-8(11(17)18)1-6-19-9/h1,3,5-6H,2,4,7H2,(H,12,16)(H,17,18). The number of aromatic carboxylic acids is 1. The van der Waals surface area contributed by atoms with Crippen molar-refractivity contribution in [2.24, 2.45) is 0 Å².